The fourth-order valence-corrected chi connectivity index (χ4v) is 4.13. The van der Waals surface area contributed by atoms with Gasteiger partial charge in [0.1, 0.15) is 11.4 Å². The predicted octanol–water partition coefficient (Wildman–Crippen LogP) is 7.24. The first-order valence-electron chi connectivity index (χ1n) is 11.1. The van der Waals surface area contributed by atoms with Crippen molar-refractivity contribution in [2.24, 2.45) is 7.05 Å². The van der Waals surface area contributed by atoms with Gasteiger partial charge in [-0.05, 0) is 42.8 Å². The molecule has 0 radical (unpaired) electrons. The second-order valence-electron chi connectivity index (χ2n) is 7.88. The maximum atomic E-state index is 13.5. The average Bonchev–Trinajstić information content (AvgIpc) is 3.15. The summed E-state index contributed by atoms with van der Waals surface area (Å²) in [5.74, 6) is 1.06. The summed E-state index contributed by atoms with van der Waals surface area (Å²) in [5, 5.41) is 5.82. The molecule has 0 bridgehead atoms. The van der Waals surface area contributed by atoms with Crippen LogP contribution in [-0.2, 0) is 13.6 Å². The van der Waals surface area contributed by atoms with E-state index in [0.29, 0.717) is 40.3 Å². The molecule has 0 aliphatic carbocycles. The fourth-order valence-electron chi connectivity index (χ4n) is 3.78. The summed E-state index contributed by atoms with van der Waals surface area (Å²) in [4.78, 5) is 15.3. The third-order valence-electron chi connectivity index (χ3n) is 5.40. The van der Waals surface area contributed by atoms with Crippen molar-refractivity contribution in [1.82, 2.24) is 14.7 Å². The number of hydrogen-bond acceptors (Lipinski definition) is 3. The minimum atomic E-state index is -0.132. The van der Waals surface area contributed by atoms with Crippen LogP contribution in [0.3, 0.4) is 0 Å². The Morgan fingerprint density at radius 1 is 0.971 bits per heavy atom. The Hall–Kier alpha value is -3.28. The first-order valence-corrected chi connectivity index (χ1v) is 11.8. The van der Waals surface area contributed by atoms with Crippen LogP contribution in [0.2, 0.25) is 10.0 Å². The van der Waals surface area contributed by atoms with Crippen molar-refractivity contribution in [3.05, 3.63) is 100 Å². The number of benzene rings is 3. The number of hydrogen-bond donors (Lipinski definition) is 0. The van der Waals surface area contributed by atoms with E-state index in [4.69, 9.17) is 33.0 Å². The van der Waals surface area contributed by atoms with Crippen molar-refractivity contribution in [1.29, 1.82) is 0 Å². The number of amides is 1. The highest BCUT2D eigenvalue weighted by molar-refractivity contribution is 6.33. The van der Waals surface area contributed by atoms with Crippen molar-refractivity contribution < 1.29 is 9.53 Å². The van der Waals surface area contributed by atoms with Gasteiger partial charge >= 0.3 is 0 Å². The van der Waals surface area contributed by atoms with Crippen LogP contribution in [-0.4, -0.2) is 27.1 Å². The summed E-state index contributed by atoms with van der Waals surface area (Å²) in [5.41, 5.74) is 3.00. The number of ether oxygens (including phenoxy) is 1. The number of aromatic nitrogens is 2. The van der Waals surface area contributed by atoms with Gasteiger partial charge in [0.05, 0.1) is 22.7 Å². The van der Waals surface area contributed by atoms with Crippen LogP contribution in [0.4, 0.5) is 0 Å². The van der Waals surface area contributed by atoms with E-state index in [0.717, 1.165) is 23.2 Å². The van der Waals surface area contributed by atoms with Crippen LogP contribution in [0.25, 0.3) is 11.3 Å². The van der Waals surface area contributed by atoms with Gasteiger partial charge in [-0.1, -0.05) is 72.6 Å². The van der Waals surface area contributed by atoms with Gasteiger partial charge in [0, 0.05) is 24.2 Å². The topological polar surface area (TPSA) is 47.4 Å². The van der Waals surface area contributed by atoms with E-state index in [1.165, 1.54) is 0 Å². The molecule has 0 aliphatic rings. The second-order valence-corrected chi connectivity index (χ2v) is 8.73. The Bertz CT molecular complexity index is 1270. The monoisotopic (exact) mass is 493 g/mol. The maximum Gasteiger partial charge on any atom is 0.255 e. The number of carbonyl (C=O) groups excluding carboxylic acids is 1. The zero-order valence-electron chi connectivity index (χ0n) is 19.0. The first-order chi connectivity index (χ1) is 16.5. The van der Waals surface area contributed by atoms with Gasteiger partial charge in [-0.15, -0.1) is 0 Å². The van der Waals surface area contributed by atoms with Crippen LogP contribution in [0.15, 0.2) is 78.9 Å². The van der Waals surface area contributed by atoms with Crippen molar-refractivity contribution in [2.75, 3.05) is 6.54 Å². The molecule has 0 unspecified atom stereocenters. The molecular formula is C27H25Cl2N3O2. The molecule has 4 rings (SSSR count). The molecule has 1 amide bonds. The Kier molecular flexibility index (Phi) is 7.56. The normalized spacial score (nSPS) is 10.8. The van der Waals surface area contributed by atoms with E-state index in [9.17, 15) is 4.79 Å². The van der Waals surface area contributed by atoms with E-state index >= 15 is 0 Å². The van der Waals surface area contributed by atoms with E-state index < -0.39 is 0 Å². The lowest BCUT2D eigenvalue weighted by molar-refractivity contribution is 0.0742. The predicted molar refractivity (Wildman–Crippen MR) is 137 cm³/mol. The Morgan fingerprint density at radius 3 is 2.32 bits per heavy atom. The van der Waals surface area contributed by atoms with Gasteiger partial charge in [0.15, 0.2) is 0 Å². The minimum absolute atomic E-state index is 0.132. The smallest absolute Gasteiger partial charge is 0.255 e. The van der Waals surface area contributed by atoms with Gasteiger partial charge in [-0.25, -0.2) is 4.68 Å². The van der Waals surface area contributed by atoms with Crippen LogP contribution < -0.4 is 4.74 Å². The Labute approximate surface area is 209 Å². The summed E-state index contributed by atoms with van der Waals surface area (Å²) in [6, 6.07) is 24.2. The summed E-state index contributed by atoms with van der Waals surface area (Å²) < 4.78 is 7.97. The largest absolute Gasteiger partial charge is 0.439 e. The molecule has 0 aliphatic heterocycles. The van der Waals surface area contributed by atoms with E-state index in [2.05, 4.69) is 0 Å². The molecule has 1 aromatic heterocycles. The second kappa shape index (κ2) is 10.8. The molecular weight excluding hydrogens is 469 g/mol. The summed E-state index contributed by atoms with van der Waals surface area (Å²) in [6.07, 6.45) is 0.796. The third-order valence-corrected chi connectivity index (χ3v) is 5.98. The maximum absolute atomic E-state index is 13.5. The van der Waals surface area contributed by atoms with Crippen molar-refractivity contribution in [2.45, 2.75) is 19.9 Å². The summed E-state index contributed by atoms with van der Waals surface area (Å²) in [6.45, 7) is 2.92. The van der Waals surface area contributed by atoms with Gasteiger partial charge in [0.25, 0.3) is 5.91 Å². The number of nitrogens with zero attached hydrogens (tertiary/aromatic N) is 3. The number of halogens is 2. The van der Waals surface area contributed by atoms with Crippen molar-refractivity contribution in [3.63, 3.8) is 0 Å². The number of carbonyl (C=O) groups is 1. The number of rotatable bonds is 8. The molecule has 0 N–H and O–H groups in total. The zero-order valence-corrected chi connectivity index (χ0v) is 20.6. The molecule has 0 saturated heterocycles. The van der Waals surface area contributed by atoms with Crippen LogP contribution in [0.1, 0.15) is 29.3 Å². The Morgan fingerprint density at radius 2 is 1.65 bits per heavy atom. The van der Waals surface area contributed by atoms with Crippen LogP contribution >= 0.6 is 23.2 Å². The highest BCUT2D eigenvalue weighted by atomic mass is 35.5. The highest BCUT2D eigenvalue weighted by Gasteiger charge is 2.25. The molecule has 3 aromatic carbocycles. The van der Waals surface area contributed by atoms with Gasteiger partial charge in [-0.2, -0.15) is 5.10 Å². The standard InChI is InChI=1S/C27H25Cl2N3O2/c1-3-17-32(26(33)22-11-7-8-12-24(22)29)18-23-25(19-9-5-4-6-10-19)30-31(2)27(23)34-21-15-13-20(28)14-16-21/h4-16H,3,17-18H2,1-2H3. The van der Waals surface area contributed by atoms with Crippen molar-refractivity contribution >= 4 is 29.1 Å². The van der Waals surface area contributed by atoms with E-state index in [-0.39, 0.29) is 5.91 Å². The molecule has 7 heteroatoms. The van der Waals surface area contributed by atoms with Gasteiger partial charge in [-0.3, -0.25) is 4.79 Å². The lowest BCUT2D eigenvalue weighted by Crippen LogP contribution is -2.31. The zero-order chi connectivity index (χ0) is 24.1. The summed E-state index contributed by atoms with van der Waals surface area (Å²) >= 11 is 12.4. The minimum Gasteiger partial charge on any atom is -0.439 e. The van der Waals surface area contributed by atoms with Gasteiger partial charge < -0.3 is 9.64 Å². The molecule has 1 heterocycles. The highest BCUT2D eigenvalue weighted by Crippen LogP contribution is 2.35. The molecule has 5 nitrogen and oxygen atoms in total. The number of aryl methyl sites for hydroxylation is 1. The molecule has 4 aromatic rings. The molecule has 0 saturated carbocycles. The Balaban J connectivity index is 1.77. The lowest BCUT2D eigenvalue weighted by Gasteiger charge is -2.23. The van der Waals surface area contributed by atoms with Gasteiger partial charge in [0.2, 0.25) is 5.88 Å². The van der Waals surface area contributed by atoms with E-state index in [1.807, 2.05) is 56.4 Å². The molecule has 0 fully saturated rings. The molecule has 0 atom stereocenters. The van der Waals surface area contributed by atoms with Crippen LogP contribution in [0.5, 0.6) is 11.6 Å². The van der Waals surface area contributed by atoms with Crippen LogP contribution in [0, 0.1) is 0 Å². The SMILES string of the molecule is CCCN(Cc1c(-c2ccccc2)nn(C)c1Oc1ccc(Cl)cc1)C(=O)c1ccccc1Cl. The molecule has 0 spiro atoms. The summed E-state index contributed by atoms with van der Waals surface area (Å²) in [7, 11) is 1.83. The quantitative estimate of drug-likeness (QED) is 0.260. The third kappa shape index (κ3) is 5.27. The van der Waals surface area contributed by atoms with Crippen molar-refractivity contribution in [3.8, 4) is 22.9 Å². The molecule has 174 valence electrons. The molecule has 34 heavy (non-hydrogen) atoms. The fraction of sp³-hybridized carbons (Fsp3) is 0.185. The lowest BCUT2D eigenvalue weighted by atomic mass is 10.1. The average molecular weight is 494 g/mol. The van der Waals surface area contributed by atoms with E-state index in [1.54, 1.807) is 46.0 Å². The first kappa shape index (κ1) is 23.9.